The molecule has 0 aromatic rings. The van der Waals surface area contributed by atoms with Crippen molar-refractivity contribution in [3.63, 3.8) is 0 Å². The van der Waals surface area contributed by atoms with Crippen LogP contribution in [0.1, 0.15) is 19.8 Å². The summed E-state index contributed by atoms with van der Waals surface area (Å²) in [5, 5.41) is 2.13. The number of rotatable bonds is 4. The van der Waals surface area contributed by atoms with Gasteiger partial charge in [0.15, 0.2) is 0 Å². The Morgan fingerprint density at radius 1 is 1.54 bits per heavy atom. The van der Waals surface area contributed by atoms with E-state index in [1.807, 2.05) is 0 Å². The van der Waals surface area contributed by atoms with Crippen molar-refractivity contribution in [2.75, 3.05) is 6.54 Å². The summed E-state index contributed by atoms with van der Waals surface area (Å²) in [6.45, 7) is 1.23. The minimum atomic E-state index is -4.22. The molecule has 0 radical (unpaired) electrons. The highest BCUT2D eigenvalue weighted by molar-refractivity contribution is 5.76. The first-order valence-electron chi connectivity index (χ1n) is 3.90. The summed E-state index contributed by atoms with van der Waals surface area (Å²) in [6.07, 6.45) is -5.17. The van der Waals surface area contributed by atoms with Gasteiger partial charge in [-0.15, -0.1) is 0 Å². The summed E-state index contributed by atoms with van der Waals surface area (Å²) in [6, 6.07) is -0.328. The van der Waals surface area contributed by atoms with E-state index in [1.54, 1.807) is 6.92 Å². The summed E-state index contributed by atoms with van der Waals surface area (Å²) >= 11 is 0. The number of nitrogens with one attached hydrogen (secondary N) is 1. The maximum absolute atomic E-state index is 11.6. The van der Waals surface area contributed by atoms with Gasteiger partial charge in [0, 0.05) is 19.0 Å². The van der Waals surface area contributed by atoms with Gasteiger partial charge in [-0.2, -0.15) is 13.2 Å². The first-order chi connectivity index (χ1) is 5.81. The van der Waals surface area contributed by atoms with Crippen LogP contribution in [0.3, 0.4) is 0 Å². The predicted octanol–water partition coefficient (Wildman–Crippen LogP) is 0.792. The maximum Gasteiger partial charge on any atom is 0.390 e. The molecule has 1 atom stereocenters. The molecule has 0 spiro atoms. The van der Waals surface area contributed by atoms with E-state index in [9.17, 15) is 18.0 Å². The fraction of sp³-hybridized carbons (Fsp3) is 0.857. The number of alkyl halides is 3. The standard InChI is InChI=1S/C7H13F3N2O/c1-5(11)4-6(13)12-3-2-7(8,9)10/h5H,2-4,11H2,1H3,(H,12,13). The van der Waals surface area contributed by atoms with Crippen molar-refractivity contribution >= 4 is 5.91 Å². The third-order valence-corrected chi connectivity index (χ3v) is 1.24. The van der Waals surface area contributed by atoms with Crippen LogP contribution in [0.25, 0.3) is 0 Å². The smallest absolute Gasteiger partial charge is 0.356 e. The van der Waals surface area contributed by atoms with Gasteiger partial charge >= 0.3 is 6.18 Å². The molecule has 0 aromatic carbocycles. The van der Waals surface area contributed by atoms with Crippen LogP contribution in [0.15, 0.2) is 0 Å². The van der Waals surface area contributed by atoms with Crippen LogP contribution in [0.5, 0.6) is 0 Å². The molecule has 3 N–H and O–H groups in total. The lowest BCUT2D eigenvalue weighted by Crippen LogP contribution is -2.32. The highest BCUT2D eigenvalue weighted by atomic mass is 19.4. The fourth-order valence-electron chi connectivity index (χ4n) is 0.708. The Balaban J connectivity index is 3.49. The molecule has 0 aliphatic heterocycles. The van der Waals surface area contributed by atoms with Crippen LogP contribution >= 0.6 is 0 Å². The van der Waals surface area contributed by atoms with E-state index in [0.29, 0.717) is 0 Å². The van der Waals surface area contributed by atoms with Crippen LogP contribution in [0.4, 0.5) is 13.2 Å². The molecule has 0 aromatic heterocycles. The third-order valence-electron chi connectivity index (χ3n) is 1.24. The van der Waals surface area contributed by atoms with Crippen molar-refractivity contribution in [2.45, 2.75) is 32.0 Å². The van der Waals surface area contributed by atoms with Crippen molar-refractivity contribution in [3.8, 4) is 0 Å². The topological polar surface area (TPSA) is 55.1 Å². The number of amides is 1. The van der Waals surface area contributed by atoms with E-state index in [4.69, 9.17) is 5.73 Å². The minimum absolute atomic E-state index is 0.0534. The number of hydrogen-bond donors (Lipinski definition) is 2. The lowest BCUT2D eigenvalue weighted by Gasteiger charge is -2.08. The van der Waals surface area contributed by atoms with E-state index in [2.05, 4.69) is 5.32 Å². The maximum atomic E-state index is 11.6. The zero-order chi connectivity index (χ0) is 10.5. The number of carbonyl (C=O) groups excluding carboxylic acids is 1. The van der Waals surface area contributed by atoms with Gasteiger partial charge in [0.1, 0.15) is 0 Å². The van der Waals surface area contributed by atoms with Crippen LogP contribution < -0.4 is 11.1 Å². The second kappa shape index (κ2) is 5.06. The Morgan fingerprint density at radius 3 is 2.46 bits per heavy atom. The Hall–Kier alpha value is -0.780. The zero-order valence-corrected chi connectivity index (χ0v) is 7.32. The lowest BCUT2D eigenvalue weighted by atomic mass is 10.2. The van der Waals surface area contributed by atoms with Crippen LogP contribution in [0, 0.1) is 0 Å². The summed E-state index contributed by atoms with van der Waals surface area (Å²) in [7, 11) is 0. The van der Waals surface area contributed by atoms with Crippen molar-refractivity contribution in [3.05, 3.63) is 0 Å². The van der Waals surface area contributed by atoms with Crippen molar-refractivity contribution in [2.24, 2.45) is 5.73 Å². The van der Waals surface area contributed by atoms with Crippen molar-refractivity contribution in [1.82, 2.24) is 5.32 Å². The second-order valence-corrected chi connectivity index (χ2v) is 2.90. The van der Waals surface area contributed by atoms with Gasteiger partial charge in [-0.3, -0.25) is 4.79 Å². The quantitative estimate of drug-likeness (QED) is 0.701. The lowest BCUT2D eigenvalue weighted by molar-refractivity contribution is -0.135. The van der Waals surface area contributed by atoms with E-state index < -0.39 is 18.5 Å². The molecule has 0 bridgehead atoms. The molecule has 0 heterocycles. The van der Waals surface area contributed by atoms with Gasteiger partial charge in [-0.25, -0.2) is 0 Å². The molecule has 6 heteroatoms. The van der Waals surface area contributed by atoms with Crippen LogP contribution in [-0.4, -0.2) is 24.7 Å². The Kier molecular flexibility index (Phi) is 4.76. The molecule has 0 aliphatic carbocycles. The molecular weight excluding hydrogens is 185 g/mol. The molecule has 1 unspecified atom stereocenters. The molecular formula is C7H13F3N2O. The van der Waals surface area contributed by atoms with Crippen molar-refractivity contribution in [1.29, 1.82) is 0 Å². The number of halogens is 3. The Morgan fingerprint density at radius 2 is 2.08 bits per heavy atom. The largest absolute Gasteiger partial charge is 0.390 e. The molecule has 1 amide bonds. The van der Waals surface area contributed by atoms with Gasteiger partial charge in [-0.05, 0) is 6.92 Å². The van der Waals surface area contributed by atoms with Crippen LogP contribution in [-0.2, 0) is 4.79 Å². The highest BCUT2D eigenvalue weighted by Crippen LogP contribution is 2.18. The first-order valence-corrected chi connectivity index (χ1v) is 3.90. The molecule has 0 fully saturated rings. The number of carbonyl (C=O) groups is 1. The van der Waals surface area contributed by atoms with Gasteiger partial charge in [0.2, 0.25) is 5.91 Å². The van der Waals surface area contributed by atoms with Gasteiger partial charge < -0.3 is 11.1 Å². The highest BCUT2D eigenvalue weighted by Gasteiger charge is 2.26. The molecule has 0 saturated carbocycles. The van der Waals surface area contributed by atoms with E-state index in [1.165, 1.54) is 0 Å². The minimum Gasteiger partial charge on any atom is -0.356 e. The average molecular weight is 198 g/mol. The molecule has 0 aliphatic rings. The van der Waals surface area contributed by atoms with Crippen molar-refractivity contribution < 1.29 is 18.0 Å². The molecule has 0 saturated heterocycles. The monoisotopic (exact) mass is 198 g/mol. The average Bonchev–Trinajstić information content (AvgIpc) is 1.81. The SMILES string of the molecule is CC(N)CC(=O)NCCC(F)(F)F. The van der Waals surface area contributed by atoms with Gasteiger partial charge in [0.25, 0.3) is 0 Å². The summed E-state index contributed by atoms with van der Waals surface area (Å²) in [5.41, 5.74) is 5.27. The van der Waals surface area contributed by atoms with Gasteiger partial charge in [-0.1, -0.05) is 0 Å². The predicted molar refractivity (Wildman–Crippen MR) is 41.9 cm³/mol. The zero-order valence-electron chi connectivity index (χ0n) is 7.32. The first kappa shape index (κ1) is 12.2. The third kappa shape index (κ3) is 9.13. The second-order valence-electron chi connectivity index (χ2n) is 2.90. The van der Waals surface area contributed by atoms with E-state index in [-0.39, 0.29) is 19.0 Å². The van der Waals surface area contributed by atoms with E-state index in [0.717, 1.165) is 0 Å². The summed E-state index contributed by atoms with van der Waals surface area (Å²) in [5.74, 6) is -0.445. The fourth-order valence-corrected chi connectivity index (χ4v) is 0.708. The number of nitrogens with two attached hydrogens (primary N) is 1. The van der Waals surface area contributed by atoms with Gasteiger partial charge in [0.05, 0.1) is 6.42 Å². The molecule has 13 heavy (non-hydrogen) atoms. The summed E-state index contributed by atoms with van der Waals surface area (Å²) in [4.78, 5) is 10.8. The Bertz CT molecular complexity index is 168. The molecule has 0 rings (SSSR count). The molecule has 78 valence electrons. The summed E-state index contributed by atoms with van der Waals surface area (Å²) < 4.78 is 34.8. The number of hydrogen-bond acceptors (Lipinski definition) is 2. The Labute approximate surface area is 74.5 Å². The normalized spacial score (nSPS) is 13.9. The van der Waals surface area contributed by atoms with Crippen LogP contribution in [0.2, 0.25) is 0 Å². The molecule has 3 nitrogen and oxygen atoms in total. The van der Waals surface area contributed by atoms with E-state index >= 15 is 0 Å².